The van der Waals surface area contributed by atoms with E-state index >= 15 is 0 Å². The van der Waals surface area contributed by atoms with Crippen molar-refractivity contribution in [1.29, 1.82) is 0 Å². The second-order valence-corrected chi connectivity index (χ2v) is 7.58. The van der Waals surface area contributed by atoms with Crippen molar-refractivity contribution in [3.05, 3.63) is 60.7 Å². The minimum atomic E-state index is -2.26. The summed E-state index contributed by atoms with van der Waals surface area (Å²) < 4.78 is 27.4. The fourth-order valence-corrected chi connectivity index (χ4v) is 2.51. The number of hydrogen-bond donors (Lipinski definition) is 0. The zero-order valence-electron chi connectivity index (χ0n) is 14.3. The van der Waals surface area contributed by atoms with E-state index in [1.807, 2.05) is 60.7 Å². The van der Waals surface area contributed by atoms with Gasteiger partial charge in [0.25, 0.3) is 0 Å². The molecule has 27 heavy (non-hydrogen) atoms. The van der Waals surface area contributed by atoms with Crippen LogP contribution >= 0.6 is 0 Å². The van der Waals surface area contributed by atoms with Crippen molar-refractivity contribution >= 4 is 37.9 Å². The fraction of sp³-hybridized carbons (Fsp3) is 0.125. The van der Waals surface area contributed by atoms with Gasteiger partial charge in [-0.1, -0.05) is 0 Å². The van der Waals surface area contributed by atoms with E-state index in [9.17, 15) is 8.22 Å². The van der Waals surface area contributed by atoms with Crippen LogP contribution in [0.15, 0.2) is 60.7 Å². The molecule has 150 valence electrons. The second kappa shape index (κ2) is 29.1. The van der Waals surface area contributed by atoms with Crippen LogP contribution in [0.3, 0.4) is 0 Å². The van der Waals surface area contributed by atoms with Gasteiger partial charge in [-0.05, 0) is 13.1 Å². The molecule has 0 unspecified atom stereocenters. The van der Waals surface area contributed by atoms with E-state index in [4.69, 9.17) is 19.2 Å². The Labute approximate surface area is 171 Å². The van der Waals surface area contributed by atoms with Crippen molar-refractivity contribution in [2.75, 3.05) is 0 Å². The molecule has 0 aliphatic carbocycles. The van der Waals surface area contributed by atoms with Gasteiger partial charge in [-0.2, -0.15) is 36.4 Å². The van der Waals surface area contributed by atoms with Crippen molar-refractivity contribution < 1.29 is 59.7 Å². The Bertz CT molecular complexity index is 611. The Morgan fingerprint density at radius 3 is 1.00 bits per heavy atom. The summed E-state index contributed by atoms with van der Waals surface area (Å²) in [5.41, 5.74) is 0. The van der Waals surface area contributed by atoms with Crippen LogP contribution in [-0.2, 0) is 51.5 Å². The molecule has 0 saturated heterocycles. The van der Waals surface area contributed by atoms with E-state index in [0.717, 1.165) is 0 Å². The average Bonchev–Trinajstić information content (AvgIpc) is 3.35. The minimum Gasteiger partial charge on any atom is -0.214 e. The van der Waals surface area contributed by atoms with Crippen LogP contribution in [0, 0.1) is 0 Å². The van der Waals surface area contributed by atoms with Gasteiger partial charge in [0.15, 0.2) is 0 Å². The molecular weight excluding hydrogens is 478 g/mol. The van der Waals surface area contributed by atoms with Gasteiger partial charge in [0.05, 0.1) is 0 Å². The van der Waals surface area contributed by atoms with Crippen LogP contribution in [0.1, 0.15) is 0 Å². The SMILES string of the molecule is C[Si](F)O[Si](C)F.O=[C]=[Fe]=[C]=O.O=[C]=[Fe]=[C]=O.c1cc[cH-]c1.c1cc[cH-]c1. The van der Waals surface area contributed by atoms with Gasteiger partial charge in [-0.3, -0.25) is 8.22 Å². The molecule has 0 amide bonds. The third-order valence-corrected chi connectivity index (χ3v) is 4.24. The molecule has 0 heterocycles. The van der Waals surface area contributed by atoms with Gasteiger partial charge in [0.1, 0.15) is 0 Å². The maximum absolute atomic E-state index is 11.6. The van der Waals surface area contributed by atoms with Crippen LogP contribution in [0.2, 0.25) is 13.1 Å². The maximum atomic E-state index is 11.6. The molecule has 2 rings (SSSR count). The van der Waals surface area contributed by atoms with Crippen LogP contribution < -0.4 is 0 Å². The topological polar surface area (TPSA) is 77.5 Å². The number of halogens is 2. The number of hydrogen-bond acceptors (Lipinski definition) is 5. The first-order valence-electron chi connectivity index (χ1n) is 6.64. The molecule has 2 radical (unpaired) electrons. The predicted molar refractivity (Wildman–Crippen MR) is 93.4 cm³/mol. The number of carbonyl (C=O) groups excluding carboxylic acids is 4. The van der Waals surface area contributed by atoms with Crippen molar-refractivity contribution in [1.82, 2.24) is 0 Å². The molecule has 0 aromatic heterocycles. The Hall–Kier alpha value is -1.69. The van der Waals surface area contributed by atoms with Crippen LogP contribution in [-0.4, -0.2) is 37.9 Å². The molecule has 2 aromatic carbocycles. The molecule has 0 atom stereocenters. The molecule has 0 aliphatic heterocycles. The smallest absolute Gasteiger partial charge is 0.172 e. The maximum Gasteiger partial charge on any atom is -0.172 e. The molecule has 0 fully saturated rings. The van der Waals surface area contributed by atoms with Crippen molar-refractivity contribution in [2.24, 2.45) is 0 Å². The molecule has 2 aromatic rings. The molecule has 5 nitrogen and oxygen atoms in total. The molecule has 0 saturated carbocycles. The van der Waals surface area contributed by atoms with Gasteiger partial charge in [0.2, 0.25) is 0 Å². The summed E-state index contributed by atoms with van der Waals surface area (Å²) in [7, 11) is -4.53. The summed E-state index contributed by atoms with van der Waals surface area (Å²) >= 11 is -0.444. The van der Waals surface area contributed by atoms with Crippen LogP contribution in [0.5, 0.6) is 0 Å². The van der Waals surface area contributed by atoms with E-state index in [0.29, 0.717) is 0 Å². The summed E-state index contributed by atoms with van der Waals surface area (Å²) in [5, 5.41) is 0. The third kappa shape index (κ3) is 45.5. The first-order chi connectivity index (χ1) is 13.0. The summed E-state index contributed by atoms with van der Waals surface area (Å²) in [6.07, 6.45) is 0. The van der Waals surface area contributed by atoms with E-state index in [1.54, 1.807) is 0 Å². The molecule has 0 N–H and O–H groups in total. The summed E-state index contributed by atoms with van der Waals surface area (Å²) in [5.74, 6) is 0. The number of rotatable bonds is 2. The first-order valence-corrected chi connectivity index (χ1v) is 12.4. The van der Waals surface area contributed by atoms with Crippen molar-refractivity contribution in [3.8, 4) is 0 Å². The zero-order valence-corrected chi connectivity index (χ0v) is 18.5. The first kappa shape index (κ1) is 30.1. The van der Waals surface area contributed by atoms with Crippen LogP contribution in [0.25, 0.3) is 0 Å². The second-order valence-electron chi connectivity index (χ2n) is 3.43. The summed E-state index contributed by atoms with van der Waals surface area (Å²) in [6.45, 7) is 2.52. The fourth-order valence-electron chi connectivity index (χ4n) is 0.865. The Morgan fingerprint density at radius 2 is 0.963 bits per heavy atom. The standard InChI is InChI=1S/2C5H5.C2H6F2OSi2.4CO.2Fe/c2*1-2-4-5-3-1;1-6(3)5-7(2)4;4*1-2;;/h2*1-5H;1-2H3;;;;;;/q2*-1;;;;;;;. The summed E-state index contributed by atoms with van der Waals surface area (Å²) in [4.78, 5) is 41.4. The Morgan fingerprint density at radius 1 is 0.704 bits per heavy atom. The molecule has 0 bridgehead atoms. The summed E-state index contributed by atoms with van der Waals surface area (Å²) in [6, 6.07) is 20.0. The zero-order chi connectivity index (χ0) is 21.2. The predicted octanol–water partition coefficient (Wildman–Crippen LogP) is 2.40. The van der Waals surface area contributed by atoms with Crippen LogP contribution in [0.4, 0.5) is 8.22 Å². The van der Waals surface area contributed by atoms with Gasteiger partial charge in [0, 0.05) is 0 Å². The normalized spacial score (nSPS) is 7.63. The molecule has 11 heteroatoms. The van der Waals surface area contributed by atoms with Gasteiger partial charge in [-0.15, -0.1) is 0 Å². The van der Waals surface area contributed by atoms with E-state index in [-0.39, 0.29) is 28.2 Å². The van der Waals surface area contributed by atoms with E-state index < -0.39 is 18.7 Å². The largest absolute Gasteiger partial charge is 0.214 e. The van der Waals surface area contributed by atoms with Crippen molar-refractivity contribution in [2.45, 2.75) is 13.1 Å². The monoisotopic (exact) mass is 494 g/mol. The van der Waals surface area contributed by atoms with Gasteiger partial charge in [-0.25, -0.2) is 24.3 Å². The van der Waals surface area contributed by atoms with Gasteiger partial charge >= 0.3 is 85.2 Å². The molecule has 0 spiro atoms. The average molecular weight is 494 g/mol. The van der Waals surface area contributed by atoms with E-state index in [1.165, 1.54) is 32.2 Å². The molecule has 0 aliphatic rings. The Balaban J connectivity index is -0.000000268. The Kier molecular flexibility index (Phi) is 32.4. The third-order valence-electron chi connectivity index (χ3n) is 1.54. The minimum absolute atomic E-state index is 0.222. The quantitative estimate of drug-likeness (QED) is 0.364. The van der Waals surface area contributed by atoms with Crippen molar-refractivity contribution in [3.63, 3.8) is 0 Å². The van der Waals surface area contributed by atoms with E-state index in [2.05, 4.69) is 4.12 Å². The van der Waals surface area contributed by atoms with Gasteiger partial charge < -0.3 is 4.12 Å². The molecular formula is C16H16F2Fe2O5Si2-2.